The van der Waals surface area contributed by atoms with E-state index in [0.717, 1.165) is 20.9 Å². The largest absolute Gasteiger partial charge is 0.321 e. The molecule has 0 saturated carbocycles. The molecule has 5 aromatic rings. The van der Waals surface area contributed by atoms with Gasteiger partial charge in [0.2, 0.25) is 0 Å². The van der Waals surface area contributed by atoms with Crippen LogP contribution < -0.4 is 5.32 Å². The van der Waals surface area contributed by atoms with Crippen molar-refractivity contribution >= 4 is 60.9 Å². The number of carbonyl (C=O) groups excluding carboxylic acids is 1. The second-order valence-corrected chi connectivity index (χ2v) is 8.00. The van der Waals surface area contributed by atoms with Gasteiger partial charge in [0.05, 0.1) is 16.4 Å². The topological polar surface area (TPSA) is 59.8 Å². The standard InChI is InChI=1S/C23H14BrClN4O/c24-18-11-5-8-15-16(18)9-4-10-17(15)23(30)26-20-13-22-21(12-19(20)25)27-29(28-22)14-6-2-1-3-7-14/h1-13H,(H,26,30). The third kappa shape index (κ3) is 3.34. The number of benzene rings is 4. The zero-order valence-electron chi connectivity index (χ0n) is 15.5. The SMILES string of the molecule is O=C(Nc1cc2nn(-c3ccccc3)nc2cc1Cl)c1cccc2c(Br)cccc12. The molecule has 0 aliphatic rings. The summed E-state index contributed by atoms with van der Waals surface area (Å²) >= 11 is 9.97. The number of anilines is 1. The minimum absolute atomic E-state index is 0.240. The number of nitrogens with one attached hydrogen (secondary N) is 1. The van der Waals surface area contributed by atoms with E-state index in [4.69, 9.17) is 11.6 Å². The van der Waals surface area contributed by atoms with E-state index >= 15 is 0 Å². The first-order valence-electron chi connectivity index (χ1n) is 9.21. The van der Waals surface area contributed by atoms with Crippen LogP contribution in [0.1, 0.15) is 10.4 Å². The molecule has 0 spiro atoms. The number of carbonyl (C=O) groups is 1. The molecule has 4 aromatic carbocycles. The summed E-state index contributed by atoms with van der Waals surface area (Å²) < 4.78 is 0.937. The number of fused-ring (bicyclic) bond motifs is 2. The second-order valence-electron chi connectivity index (χ2n) is 6.74. The summed E-state index contributed by atoms with van der Waals surface area (Å²) in [4.78, 5) is 14.6. The molecule has 5 rings (SSSR count). The van der Waals surface area contributed by atoms with Gasteiger partial charge in [0, 0.05) is 10.0 Å². The van der Waals surface area contributed by atoms with Gasteiger partial charge in [-0.25, -0.2) is 0 Å². The molecule has 0 fully saturated rings. The maximum absolute atomic E-state index is 13.0. The predicted octanol–water partition coefficient (Wildman–Crippen LogP) is 6.24. The molecule has 0 aliphatic carbocycles. The molecule has 5 nitrogen and oxygen atoms in total. The van der Waals surface area contributed by atoms with Crippen molar-refractivity contribution in [1.82, 2.24) is 15.0 Å². The van der Waals surface area contributed by atoms with Crippen molar-refractivity contribution in [2.45, 2.75) is 0 Å². The summed E-state index contributed by atoms with van der Waals surface area (Å²) in [7, 11) is 0. The molecule has 1 heterocycles. The average molecular weight is 478 g/mol. The Hall–Kier alpha value is -3.22. The molecule has 0 saturated heterocycles. The molecule has 0 unspecified atom stereocenters. The molecule has 30 heavy (non-hydrogen) atoms. The zero-order chi connectivity index (χ0) is 20.7. The Morgan fingerprint density at radius 1 is 0.867 bits per heavy atom. The second kappa shape index (κ2) is 7.55. The van der Waals surface area contributed by atoms with Gasteiger partial charge >= 0.3 is 0 Å². The highest BCUT2D eigenvalue weighted by atomic mass is 79.9. The number of hydrogen-bond donors (Lipinski definition) is 1. The molecule has 1 amide bonds. The van der Waals surface area contributed by atoms with Gasteiger partial charge < -0.3 is 5.32 Å². The minimum Gasteiger partial charge on any atom is -0.321 e. The monoisotopic (exact) mass is 476 g/mol. The number of para-hydroxylation sites is 1. The molecule has 146 valence electrons. The van der Waals surface area contributed by atoms with Crippen LogP contribution in [0, 0.1) is 0 Å². The van der Waals surface area contributed by atoms with Crippen LogP contribution in [0.2, 0.25) is 5.02 Å². The van der Waals surface area contributed by atoms with E-state index in [2.05, 4.69) is 31.4 Å². The Kier molecular flexibility index (Phi) is 4.73. The van der Waals surface area contributed by atoms with E-state index in [9.17, 15) is 4.79 Å². The van der Waals surface area contributed by atoms with Gasteiger partial charge in [0.1, 0.15) is 11.0 Å². The van der Waals surface area contributed by atoms with Crippen LogP contribution in [-0.4, -0.2) is 20.9 Å². The van der Waals surface area contributed by atoms with E-state index in [-0.39, 0.29) is 5.91 Å². The summed E-state index contributed by atoms with van der Waals surface area (Å²) in [5.41, 5.74) is 3.19. The van der Waals surface area contributed by atoms with Gasteiger partial charge in [-0.2, -0.15) is 4.80 Å². The van der Waals surface area contributed by atoms with E-state index in [1.807, 2.05) is 60.7 Å². The summed E-state index contributed by atoms with van der Waals surface area (Å²) in [6, 6.07) is 24.5. The number of hydrogen-bond acceptors (Lipinski definition) is 3. The van der Waals surface area contributed by atoms with Gasteiger partial charge in [-0.3, -0.25) is 4.79 Å². The Morgan fingerprint density at radius 3 is 2.37 bits per heavy atom. The van der Waals surface area contributed by atoms with Crippen LogP contribution >= 0.6 is 27.5 Å². The highest BCUT2D eigenvalue weighted by molar-refractivity contribution is 9.10. The molecule has 1 aromatic heterocycles. The fourth-order valence-electron chi connectivity index (χ4n) is 3.37. The predicted molar refractivity (Wildman–Crippen MR) is 123 cm³/mol. The third-order valence-electron chi connectivity index (χ3n) is 4.82. The maximum Gasteiger partial charge on any atom is 0.256 e. The van der Waals surface area contributed by atoms with Crippen molar-refractivity contribution in [2.75, 3.05) is 5.32 Å². The van der Waals surface area contributed by atoms with E-state index in [1.54, 1.807) is 23.0 Å². The molecular weight excluding hydrogens is 464 g/mol. The lowest BCUT2D eigenvalue weighted by Gasteiger charge is -2.10. The number of aromatic nitrogens is 3. The lowest BCUT2D eigenvalue weighted by Crippen LogP contribution is -2.12. The summed E-state index contributed by atoms with van der Waals surface area (Å²) in [5, 5.41) is 14.1. The Balaban J connectivity index is 1.52. The van der Waals surface area contributed by atoms with Crippen molar-refractivity contribution in [3.63, 3.8) is 0 Å². The van der Waals surface area contributed by atoms with E-state index < -0.39 is 0 Å². The quantitative estimate of drug-likeness (QED) is 0.334. The molecule has 0 radical (unpaired) electrons. The lowest BCUT2D eigenvalue weighted by molar-refractivity contribution is 0.102. The van der Waals surface area contributed by atoms with Crippen molar-refractivity contribution < 1.29 is 4.79 Å². The van der Waals surface area contributed by atoms with Crippen molar-refractivity contribution in [3.8, 4) is 5.69 Å². The average Bonchev–Trinajstić information content (AvgIpc) is 3.17. The van der Waals surface area contributed by atoms with Crippen molar-refractivity contribution in [2.24, 2.45) is 0 Å². The highest BCUT2D eigenvalue weighted by Crippen LogP contribution is 2.30. The number of halogens is 2. The van der Waals surface area contributed by atoms with Gasteiger partial charge in [-0.15, -0.1) is 10.2 Å². The van der Waals surface area contributed by atoms with E-state index in [1.165, 1.54) is 0 Å². The fourth-order valence-corrected chi connectivity index (χ4v) is 4.07. The maximum atomic E-state index is 13.0. The summed E-state index contributed by atoms with van der Waals surface area (Å²) in [6.07, 6.45) is 0. The molecule has 0 atom stereocenters. The highest BCUT2D eigenvalue weighted by Gasteiger charge is 2.15. The van der Waals surface area contributed by atoms with Gasteiger partial charge in [0.15, 0.2) is 0 Å². The Morgan fingerprint density at radius 2 is 1.57 bits per heavy atom. The molecular formula is C23H14BrClN4O. The van der Waals surface area contributed by atoms with Crippen LogP contribution in [0.3, 0.4) is 0 Å². The first-order valence-corrected chi connectivity index (χ1v) is 10.4. The Labute approximate surface area is 185 Å². The molecule has 1 N–H and O–H groups in total. The van der Waals surface area contributed by atoms with Gasteiger partial charge in [0.25, 0.3) is 5.91 Å². The van der Waals surface area contributed by atoms with Gasteiger partial charge in [-0.05, 0) is 47.2 Å². The number of amides is 1. The molecule has 7 heteroatoms. The van der Waals surface area contributed by atoms with Crippen LogP contribution in [0.25, 0.3) is 27.5 Å². The minimum atomic E-state index is -0.240. The first-order chi connectivity index (χ1) is 14.6. The van der Waals surface area contributed by atoms with Crippen LogP contribution in [0.15, 0.2) is 83.3 Å². The molecule has 0 aliphatic heterocycles. The van der Waals surface area contributed by atoms with Crippen LogP contribution in [0.5, 0.6) is 0 Å². The van der Waals surface area contributed by atoms with Crippen molar-refractivity contribution in [1.29, 1.82) is 0 Å². The van der Waals surface area contributed by atoms with Crippen molar-refractivity contribution in [3.05, 3.63) is 93.9 Å². The third-order valence-corrected chi connectivity index (χ3v) is 5.82. The zero-order valence-corrected chi connectivity index (χ0v) is 17.9. The molecule has 0 bridgehead atoms. The van der Waals surface area contributed by atoms with Crippen LogP contribution in [-0.2, 0) is 0 Å². The fraction of sp³-hybridized carbons (Fsp3) is 0. The number of nitrogens with zero attached hydrogens (tertiary/aromatic N) is 3. The summed E-state index contributed by atoms with van der Waals surface area (Å²) in [6.45, 7) is 0. The van der Waals surface area contributed by atoms with E-state index in [0.29, 0.717) is 27.3 Å². The lowest BCUT2D eigenvalue weighted by atomic mass is 10.0. The number of rotatable bonds is 3. The van der Waals surface area contributed by atoms with Gasteiger partial charge in [-0.1, -0.05) is 70.0 Å². The first kappa shape index (κ1) is 18.8. The normalized spacial score (nSPS) is 11.1. The van der Waals surface area contributed by atoms with Crippen LogP contribution in [0.4, 0.5) is 5.69 Å². The summed E-state index contributed by atoms with van der Waals surface area (Å²) in [5.74, 6) is -0.240. The smallest absolute Gasteiger partial charge is 0.256 e. The Bertz CT molecular complexity index is 1420.